The highest BCUT2D eigenvalue weighted by Crippen LogP contribution is 2.39. The highest BCUT2D eigenvalue weighted by Gasteiger charge is 2.47. The zero-order valence-electron chi connectivity index (χ0n) is 29.6. The number of hydrogen-bond acceptors (Lipinski definition) is 17. The monoisotopic (exact) mass is 729 g/mol. The van der Waals surface area contributed by atoms with Crippen molar-refractivity contribution in [3.63, 3.8) is 0 Å². The standard InChI is InChI=1S/C33H47N17O3/c1-2-50-47-29(46-48-50)27-25(51)26(52)31(53-27)49-17-39-24-28(44-33(45-30(24)49)36-13-11-22-15-35-16-38-22)41-20-9-7-19(8-10-20)40-23-12-14-37-32(43-23)42-21-5-3-18(34)4-6-21/h12,14-21,25-27,31,51-52H,2-11,13,34H2,1H3,(H,35,38)(H2,36,41,44,45)(H2,37,40,42,43)/t18?,19?,20?,21?,25-,26+,27-,31+/m0/s1. The summed E-state index contributed by atoms with van der Waals surface area (Å²) in [7, 11) is 0. The topological polar surface area (TPSA) is 265 Å². The van der Waals surface area contributed by atoms with Crippen molar-refractivity contribution in [3.05, 3.63) is 42.6 Å². The zero-order valence-corrected chi connectivity index (χ0v) is 29.6. The van der Waals surface area contributed by atoms with E-state index in [1.807, 2.05) is 13.0 Å². The quantitative estimate of drug-likeness (QED) is 0.0853. The minimum Gasteiger partial charge on any atom is -0.387 e. The van der Waals surface area contributed by atoms with E-state index in [-0.39, 0.29) is 17.9 Å². The number of rotatable bonds is 13. The van der Waals surface area contributed by atoms with Crippen LogP contribution in [0.4, 0.5) is 23.5 Å². The molecule has 3 aliphatic rings. The van der Waals surface area contributed by atoms with Crippen LogP contribution in [0.25, 0.3) is 11.2 Å². The number of nitrogens with zero attached hydrogens (tertiary/aromatic N) is 11. The number of nitrogens with one attached hydrogen (secondary N) is 5. The predicted octanol–water partition coefficient (Wildman–Crippen LogP) is 1.51. The summed E-state index contributed by atoms with van der Waals surface area (Å²) in [6, 6.07) is 2.97. The number of H-pyrrole nitrogens is 1. The summed E-state index contributed by atoms with van der Waals surface area (Å²) >= 11 is 0. The first-order valence-corrected chi connectivity index (χ1v) is 18.5. The number of nitrogens with two attached hydrogens (primary N) is 1. The molecule has 5 aromatic rings. The molecule has 20 heteroatoms. The van der Waals surface area contributed by atoms with Gasteiger partial charge in [-0.05, 0) is 69.6 Å². The largest absolute Gasteiger partial charge is 0.387 e. The average Bonchev–Trinajstić information content (AvgIpc) is 3.99. The van der Waals surface area contributed by atoms with Gasteiger partial charge < -0.3 is 46.9 Å². The van der Waals surface area contributed by atoms with E-state index in [2.05, 4.69) is 56.6 Å². The van der Waals surface area contributed by atoms with Crippen molar-refractivity contribution < 1.29 is 14.9 Å². The van der Waals surface area contributed by atoms with Crippen molar-refractivity contribution in [2.45, 2.75) is 120 Å². The number of tetrazole rings is 1. The second-order valence-corrected chi connectivity index (χ2v) is 14.1. The van der Waals surface area contributed by atoms with Gasteiger partial charge in [0.1, 0.15) is 18.0 Å². The Morgan fingerprint density at radius 3 is 2.45 bits per heavy atom. The lowest BCUT2D eigenvalue weighted by molar-refractivity contribution is -0.0384. The Labute approximate surface area is 305 Å². The lowest BCUT2D eigenvalue weighted by Gasteiger charge is -2.30. The van der Waals surface area contributed by atoms with Gasteiger partial charge >= 0.3 is 0 Å². The molecule has 9 N–H and O–H groups in total. The minimum absolute atomic E-state index is 0.140. The van der Waals surface area contributed by atoms with Gasteiger partial charge in [-0.15, -0.1) is 10.2 Å². The Kier molecular flexibility index (Phi) is 10.2. The van der Waals surface area contributed by atoms with Crippen LogP contribution in [0.5, 0.6) is 0 Å². The van der Waals surface area contributed by atoms with E-state index in [0.29, 0.717) is 60.5 Å². The molecular formula is C33H47N17O3. The molecule has 0 spiro atoms. The number of aliphatic hydroxyl groups is 2. The summed E-state index contributed by atoms with van der Waals surface area (Å²) in [5.41, 5.74) is 8.02. The molecule has 0 aromatic carbocycles. The molecule has 3 fully saturated rings. The number of aryl methyl sites for hydroxylation is 1. The van der Waals surface area contributed by atoms with Crippen molar-refractivity contribution in [1.82, 2.24) is 59.7 Å². The van der Waals surface area contributed by atoms with E-state index in [4.69, 9.17) is 25.4 Å². The summed E-state index contributed by atoms with van der Waals surface area (Å²) in [6.07, 6.45) is 10.6. The van der Waals surface area contributed by atoms with E-state index in [1.165, 1.54) is 4.80 Å². The lowest BCUT2D eigenvalue weighted by atomic mass is 9.91. The Morgan fingerprint density at radius 1 is 0.925 bits per heavy atom. The van der Waals surface area contributed by atoms with E-state index in [1.54, 1.807) is 29.6 Å². The maximum absolute atomic E-state index is 11.1. The molecule has 0 bridgehead atoms. The smallest absolute Gasteiger partial charge is 0.226 e. The normalized spacial score (nSPS) is 27.5. The van der Waals surface area contributed by atoms with Gasteiger partial charge in [0.2, 0.25) is 17.7 Å². The third-order valence-electron chi connectivity index (χ3n) is 10.4. The maximum Gasteiger partial charge on any atom is 0.226 e. The molecule has 2 aliphatic carbocycles. The van der Waals surface area contributed by atoms with Crippen molar-refractivity contribution in [3.8, 4) is 0 Å². The summed E-state index contributed by atoms with van der Waals surface area (Å²) in [5, 5.41) is 48.5. The fourth-order valence-electron chi connectivity index (χ4n) is 7.36. The highest BCUT2D eigenvalue weighted by molar-refractivity contribution is 5.84. The Morgan fingerprint density at radius 2 is 1.70 bits per heavy atom. The molecule has 20 nitrogen and oxygen atoms in total. The molecule has 53 heavy (non-hydrogen) atoms. The number of aliphatic hydroxyl groups excluding tert-OH is 2. The van der Waals surface area contributed by atoms with Crippen LogP contribution in [0.15, 0.2) is 31.1 Å². The third kappa shape index (κ3) is 7.85. The van der Waals surface area contributed by atoms with Gasteiger partial charge in [0.05, 0.1) is 19.2 Å². The summed E-state index contributed by atoms with van der Waals surface area (Å²) in [4.78, 5) is 32.1. The molecule has 0 unspecified atom stereocenters. The van der Waals surface area contributed by atoms with Gasteiger partial charge in [-0.3, -0.25) is 4.57 Å². The van der Waals surface area contributed by atoms with Crippen LogP contribution in [-0.4, -0.2) is 113 Å². The summed E-state index contributed by atoms with van der Waals surface area (Å²) in [6.45, 7) is 2.94. The first kappa shape index (κ1) is 35.0. The summed E-state index contributed by atoms with van der Waals surface area (Å²) in [5.74, 6) is 2.61. The molecular weight excluding hydrogens is 682 g/mol. The van der Waals surface area contributed by atoms with Crippen LogP contribution in [-0.2, 0) is 17.7 Å². The van der Waals surface area contributed by atoms with Gasteiger partial charge in [0, 0.05) is 55.2 Å². The first-order valence-electron chi connectivity index (χ1n) is 18.5. The third-order valence-corrected chi connectivity index (χ3v) is 10.4. The average molecular weight is 730 g/mol. The van der Waals surface area contributed by atoms with Crippen molar-refractivity contribution in [1.29, 1.82) is 0 Å². The number of fused-ring (bicyclic) bond motifs is 1. The Balaban J connectivity index is 0.956. The molecule has 5 aromatic heterocycles. The second kappa shape index (κ2) is 15.5. The maximum atomic E-state index is 11.1. The minimum atomic E-state index is -1.30. The highest BCUT2D eigenvalue weighted by atomic mass is 16.6. The van der Waals surface area contributed by atoms with Crippen LogP contribution in [0, 0.1) is 0 Å². The first-order chi connectivity index (χ1) is 25.9. The lowest BCUT2D eigenvalue weighted by Crippen LogP contribution is -2.34. The van der Waals surface area contributed by atoms with Crippen LogP contribution in [0.3, 0.4) is 0 Å². The molecule has 2 saturated carbocycles. The van der Waals surface area contributed by atoms with Crippen LogP contribution < -0.4 is 27.0 Å². The van der Waals surface area contributed by atoms with Crippen molar-refractivity contribution in [2.75, 3.05) is 27.8 Å². The van der Waals surface area contributed by atoms with Gasteiger partial charge in [0.15, 0.2) is 29.3 Å². The van der Waals surface area contributed by atoms with Gasteiger partial charge in [-0.1, -0.05) is 0 Å². The molecule has 0 radical (unpaired) electrons. The van der Waals surface area contributed by atoms with Crippen LogP contribution in [0.1, 0.15) is 82.1 Å². The van der Waals surface area contributed by atoms with Gasteiger partial charge in [-0.2, -0.15) is 19.7 Å². The Bertz CT molecular complexity index is 1940. The fraction of sp³-hybridized carbons (Fsp3) is 0.606. The predicted molar refractivity (Wildman–Crippen MR) is 194 cm³/mol. The SMILES string of the molecule is CCn1nnc([C@H]2O[C@@H](n3cnc4c(NC5CCC(Nc6ccnc(NC7CCC(N)CC7)n6)CC5)nc(NCCc5cnc[nH]5)nc43)[C@H](O)[C@@H]2O)n1. The van der Waals surface area contributed by atoms with E-state index < -0.39 is 24.5 Å². The molecule has 6 heterocycles. The van der Waals surface area contributed by atoms with E-state index in [0.717, 1.165) is 62.9 Å². The van der Waals surface area contributed by atoms with Crippen LogP contribution >= 0.6 is 0 Å². The van der Waals surface area contributed by atoms with Crippen LogP contribution in [0.2, 0.25) is 0 Å². The molecule has 0 amide bonds. The second-order valence-electron chi connectivity index (χ2n) is 14.1. The van der Waals surface area contributed by atoms with Gasteiger partial charge in [0.25, 0.3) is 0 Å². The molecule has 4 atom stereocenters. The number of ether oxygens (including phenoxy) is 1. The molecule has 1 saturated heterocycles. The van der Waals surface area contributed by atoms with Crippen molar-refractivity contribution >= 4 is 34.7 Å². The number of aromatic amines is 1. The number of anilines is 4. The van der Waals surface area contributed by atoms with E-state index >= 15 is 0 Å². The van der Waals surface area contributed by atoms with Gasteiger partial charge in [-0.25, -0.2) is 15.0 Å². The number of imidazole rings is 2. The number of aromatic nitrogens is 12. The number of hydrogen-bond donors (Lipinski definition) is 8. The fourth-order valence-corrected chi connectivity index (χ4v) is 7.36. The summed E-state index contributed by atoms with van der Waals surface area (Å²) < 4.78 is 7.78. The Hall–Kier alpha value is -5.05. The van der Waals surface area contributed by atoms with E-state index in [9.17, 15) is 10.2 Å². The molecule has 1 aliphatic heterocycles. The molecule has 282 valence electrons. The van der Waals surface area contributed by atoms with Crippen molar-refractivity contribution in [2.24, 2.45) is 5.73 Å². The zero-order chi connectivity index (χ0) is 36.3. The molecule has 8 rings (SSSR count).